The maximum atomic E-state index is 12.4. The molecule has 2 aromatic carbocycles. The topological polar surface area (TPSA) is 78.9 Å². The zero-order chi connectivity index (χ0) is 21.0. The zero-order valence-electron chi connectivity index (χ0n) is 15.2. The molecule has 1 aliphatic rings. The summed E-state index contributed by atoms with van der Waals surface area (Å²) in [6.45, 7) is -0.294. The van der Waals surface area contributed by atoms with Gasteiger partial charge in [-0.1, -0.05) is 59.8 Å². The van der Waals surface area contributed by atoms with Crippen molar-refractivity contribution in [2.75, 3.05) is 13.7 Å². The molecule has 1 amide bonds. The third-order valence-corrected chi connectivity index (χ3v) is 5.73. The highest BCUT2D eigenvalue weighted by Gasteiger charge is 2.31. The minimum absolute atomic E-state index is 0.178. The zero-order valence-corrected chi connectivity index (χ0v) is 17.6. The number of thioether (sulfide) groups is 1. The van der Waals surface area contributed by atoms with Crippen molar-refractivity contribution >= 4 is 57.9 Å². The van der Waals surface area contributed by atoms with E-state index in [2.05, 4.69) is 0 Å². The van der Waals surface area contributed by atoms with Crippen LogP contribution in [0.2, 0.25) is 5.02 Å². The van der Waals surface area contributed by atoms with E-state index in [9.17, 15) is 14.7 Å². The van der Waals surface area contributed by atoms with Gasteiger partial charge in [0.15, 0.2) is 11.5 Å². The number of halogens is 1. The molecule has 2 aromatic rings. The van der Waals surface area contributed by atoms with Crippen LogP contribution in [0.5, 0.6) is 11.5 Å². The molecular formula is C20H15ClNO5S2-. The molecule has 0 radical (unpaired) electrons. The van der Waals surface area contributed by atoms with Crippen molar-refractivity contribution in [3.8, 4) is 11.5 Å². The van der Waals surface area contributed by atoms with Crippen LogP contribution >= 0.6 is 35.6 Å². The predicted octanol–water partition coefficient (Wildman–Crippen LogP) is 2.88. The van der Waals surface area contributed by atoms with Gasteiger partial charge in [-0.25, -0.2) is 0 Å². The van der Waals surface area contributed by atoms with E-state index in [0.29, 0.717) is 27.0 Å². The Labute approximate surface area is 182 Å². The van der Waals surface area contributed by atoms with Gasteiger partial charge < -0.3 is 19.4 Å². The first-order valence-corrected chi connectivity index (χ1v) is 9.98. The fraction of sp³-hybridized carbons (Fsp3) is 0.150. The van der Waals surface area contributed by atoms with Crippen molar-refractivity contribution in [2.24, 2.45) is 0 Å². The van der Waals surface area contributed by atoms with Gasteiger partial charge in [0, 0.05) is 10.6 Å². The molecule has 1 heterocycles. The normalized spacial score (nSPS) is 15.1. The fourth-order valence-electron chi connectivity index (χ4n) is 2.58. The predicted molar refractivity (Wildman–Crippen MR) is 114 cm³/mol. The number of carboxylic acids is 1. The summed E-state index contributed by atoms with van der Waals surface area (Å²) >= 11 is 12.3. The van der Waals surface area contributed by atoms with Crippen LogP contribution in [-0.2, 0) is 16.2 Å². The number of rotatable bonds is 7. The molecule has 0 unspecified atom stereocenters. The third kappa shape index (κ3) is 5.09. The van der Waals surface area contributed by atoms with Gasteiger partial charge in [0.25, 0.3) is 5.91 Å². The van der Waals surface area contributed by atoms with Gasteiger partial charge in [-0.15, -0.1) is 0 Å². The van der Waals surface area contributed by atoms with E-state index in [-0.39, 0.29) is 10.9 Å². The Bertz CT molecular complexity index is 1010. The highest BCUT2D eigenvalue weighted by molar-refractivity contribution is 8.26. The minimum atomic E-state index is -1.37. The minimum Gasteiger partial charge on any atom is -0.548 e. The lowest BCUT2D eigenvalue weighted by molar-refractivity contribution is -0.305. The average Bonchev–Trinajstić information content (AvgIpc) is 2.95. The first-order chi connectivity index (χ1) is 13.9. The van der Waals surface area contributed by atoms with Crippen LogP contribution in [0.4, 0.5) is 0 Å². The van der Waals surface area contributed by atoms with Crippen LogP contribution < -0.4 is 14.6 Å². The van der Waals surface area contributed by atoms with Gasteiger partial charge in [-0.3, -0.25) is 9.69 Å². The average molecular weight is 449 g/mol. The summed E-state index contributed by atoms with van der Waals surface area (Å²) < 4.78 is 11.4. The molecule has 0 bridgehead atoms. The number of benzene rings is 2. The standard InChI is InChI=1S/C20H16ClNO5S2/c1-26-16-8-12(9-17-19(25)22(10-18(23)24)20(28)29-17)6-7-15(16)27-11-13-4-2-3-5-14(13)21/h2-9H,10-11H2,1H3,(H,23,24)/p-1. The van der Waals surface area contributed by atoms with E-state index < -0.39 is 18.4 Å². The second-order valence-corrected chi connectivity index (χ2v) is 8.01. The molecule has 6 nitrogen and oxygen atoms in total. The highest BCUT2D eigenvalue weighted by atomic mass is 35.5. The first-order valence-electron chi connectivity index (χ1n) is 8.38. The summed E-state index contributed by atoms with van der Waals surface area (Å²) in [5, 5.41) is 11.4. The van der Waals surface area contributed by atoms with Crippen LogP contribution in [-0.4, -0.2) is 34.8 Å². The maximum absolute atomic E-state index is 12.4. The molecule has 0 aromatic heterocycles. The lowest BCUT2D eigenvalue weighted by Crippen LogP contribution is -2.40. The number of thiocarbonyl (C=S) groups is 1. The lowest BCUT2D eigenvalue weighted by atomic mass is 10.1. The smallest absolute Gasteiger partial charge is 0.266 e. The largest absolute Gasteiger partial charge is 0.548 e. The summed E-state index contributed by atoms with van der Waals surface area (Å²) in [6, 6.07) is 12.6. The molecule has 1 fully saturated rings. The number of hydrogen-bond donors (Lipinski definition) is 0. The molecule has 0 spiro atoms. The molecule has 29 heavy (non-hydrogen) atoms. The Morgan fingerprint density at radius 2 is 2.03 bits per heavy atom. The van der Waals surface area contributed by atoms with Crippen LogP contribution in [0, 0.1) is 0 Å². The number of methoxy groups -OCH3 is 1. The monoisotopic (exact) mass is 448 g/mol. The van der Waals surface area contributed by atoms with Crippen LogP contribution in [0.15, 0.2) is 47.4 Å². The Hall–Kier alpha value is -2.55. The van der Waals surface area contributed by atoms with E-state index in [0.717, 1.165) is 22.2 Å². The van der Waals surface area contributed by atoms with Crippen LogP contribution in [0.1, 0.15) is 11.1 Å². The van der Waals surface area contributed by atoms with Gasteiger partial charge in [0.05, 0.1) is 24.5 Å². The van der Waals surface area contributed by atoms with Crippen molar-refractivity contribution in [1.29, 1.82) is 0 Å². The number of carbonyl (C=O) groups is 2. The van der Waals surface area contributed by atoms with E-state index in [1.165, 1.54) is 7.11 Å². The Morgan fingerprint density at radius 3 is 2.72 bits per heavy atom. The summed E-state index contributed by atoms with van der Waals surface area (Å²) in [6.07, 6.45) is 1.62. The molecule has 0 atom stereocenters. The van der Waals surface area contributed by atoms with Crippen molar-refractivity contribution in [2.45, 2.75) is 6.61 Å². The molecule has 3 rings (SSSR count). The lowest BCUT2D eigenvalue weighted by Gasteiger charge is -2.14. The maximum Gasteiger partial charge on any atom is 0.266 e. The molecule has 150 valence electrons. The Balaban J connectivity index is 1.77. The van der Waals surface area contributed by atoms with Gasteiger partial charge in [0.2, 0.25) is 0 Å². The molecule has 0 saturated carbocycles. The summed E-state index contributed by atoms with van der Waals surface area (Å²) in [5.41, 5.74) is 1.53. The SMILES string of the molecule is COc1cc(C=C2SC(=S)N(CC(=O)[O-])C2=O)ccc1OCc1ccccc1Cl. The van der Waals surface area contributed by atoms with Crippen LogP contribution in [0.25, 0.3) is 6.08 Å². The van der Waals surface area contributed by atoms with Crippen LogP contribution in [0.3, 0.4) is 0 Å². The summed E-state index contributed by atoms with van der Waals surface area (Å²) in [4.78, 5) is 24.5. The quantitative estimate of drug-likeness (QED) is 0.476. The van der Waals surface area contributed by atoms with Crippen molar-refractivity contribution in [3.05, 3.63) is 63.5 Å². The van der Waals surface area contributed by atoms with Gasteiger partial charge in [-0.2, -0.15) is 0 Å². The number of aliphatic carboxylic acids is 1. The van der Waals surface area contributed by atoms with Gasteiger partial charge in [0.1, 0.15) is 10.9 Å². The Kier molecular flexibility index (Phi) is 6.79. The van der Waals surface area contributed by atoms with E-state index in [1.54, 1.807) is 30.3 Å². The summed E-state index contributed by atoms with van der Waals surface area (Å²) in [7, 11) is 1.51. The second-order valence-electron chi connectivity index (χ2n) is 5.93. The molecular weight excluding hydrogens is 434 g/mol. The molecule has 0 N–H and O–H groups in total. The first kappa shape index (κ1) is 21.2. The number of hydrogen-bond acceptors (Lipinski definition) is 7. The second kappa shape index (κ2) is 9.30. The summed E-state index contributed by atoms with van der Waals surface area (Å²) in [5.74, 6) is -0.837. The van der Waals surface area contributed by atoms with Gasteiger partial charge in [-0.05, 0) is 29.8 Å². The highest BCUT2D eigenvalue weighted by Crippen LogP contribution is 2.35. The molecule has 0 aliphatic carbocycles. The number of nitrogens with zero attached hydrogens (tertiary/aromatic N) is 1. The number of amides is 1. The fourth-order valence-corrected chi connectivity index (χ4v) is 4.03. The van der Waals surface area contributed by atoms with E-state index in [4.69, 9.17) is 33.3 Å². The molecule has 1 aliphatic heterocycles. The number of carbonyl (C=O) groups excluding carboxylic acids is 2. The van der Waals surface area contributed by atoms with E-state index >= 15 is 0 Å². The number of ether oxygens (including phenoxy) is 2. The van der Waals surface area contributed by atoms with Gasteiger partial charge >= 0.3 is 0 Å². The van der Waals surface area contributed by atoms with Crippen molar-refractivity contribution in [1.82, 2.24) is 4.90 Å². The van der Waals surface area contributed by atoms with Crippen molar-refractivity contribution in [3.63, 3.8) is 0 Å². The third-order valence-electron chi connectivity index (χ3n) is 3.99. The Morgan fingerprint density at radius 1 is 1.28 bits per heavy atom. The van der Waals surface area contributed by atoms with E-state index in [1.807, 2.05) is 18.2 Å². The molecule has 9 heteroatoms. The number of carboxylic acid groups (broad SMARTS) is 1. The molecule has 1 saturated heterocycles. The van der Waals surface area contributed by atoms with Crippen molar-refractivity contribution < 1.29 is 24.2 Å².